The molecule has 0 amide bonds. The summed E-state index contributed by atoms with van der Waals surface area (Å²) in [5, 5.41) is 0. The maximum absolute atomic E-state index is 2.55. The molecule has 1 aromatic rings. The quantitative estimate of drug-likeness (QED) is 0.0515. The van der Waals surface area contributed by atoms with Crippen LogP contribution in [0.4, 0.5) is 0 Å². The van der Waals surface area contributed by atoms with Crippen LogP contribution in [-0.4, -0.2) is 0 Å². The average Bonchev–Trinajstić information content (AvgIpc) is 3.05. The van der Waals surface area contributed by atoms with E-state index < -0.39 is 0 Å². The Morgan fingerprint density at radius 1 is 0.333 bits per heavy atom. The molecule has 1 heterocycles. The predicted octanol–water partition coefficient (Wildman–Crippen LogP) is 15.0. The molecule has 1 heteroatoms. The van der Waals surface area contributed by atoms with E-state index in [0.717, 1.165) is 0 Å². The fourth-order valence-corrected chi connectivity index (χ4v) is 7.14. The Bertz CT molecular complexity index is 709. The van der Waals surface area contributed by atoms with Crippen molar-refractivity contribution in [3.8, 4) is 0 Å². The van der Waals surface area contributed by atoms with E-state index >= 15 is 0 Å². The number of aryl methyl sites for hydroxylation is 3. The molecule has 0 atom stereocenters. The molecule has 0 aliphatic heterocycles. The van der Waals surface area contributed by atoms with Gasteiger partial charge >= 0.3 is 0 Å². The lowest BCUT2D eigenvalue weighted by molar-refractivity contribution is -0.697. The minimum Gasteiger partial charge on any atom is -0.205 e. The zero-order chi connectivity index (χ0) is 32.3. The zero-order valence-corrected chi connectivity index (χ0v) is 31.6. The molecule has 0 aliphatic carbocycles. The largest absolute Gasteiger partial charge is 0.205 e. The van der Waals surface area contributed by atoms with Gasteiger partial charge in [0.15, 0.2) is 12.4 Å². The highest BCUT2D eigenvalue weighted by molar-refractivity contribution is 5.21. The molecule has 0 bridgehead atoms. The van der Waals surface area contributed by atoms with Gasteiger partial charge in [0, 0.05) is 18.1 Å². The normalized spacial score (nSPS) is 11.5. The Hall–Kier alpha value is -0.850. The number of hydrogen-bond acceptors (Lipinski definition) is 0. The third kappa shape index (κ3) is 27.9. The van der Waals surface area contributed by atoms with E-state index in [0.29, 0.717) is 0 Å². The maximum Gasteiger partial charge on any atom is 0.172 e. The second-order valence-corrected chi connectivity index (χ2v) is 14.8. The van der Waals surface area contributed by atoms with Crippen molar-refractivity contribution in [1.82, 2.24) is 0 Å². The van der Waals surface area contributed by atoms with Gasteiger partial charge in [0.05, 0.1) is 0 Å². The lowest BCUT2D eigenvalue weighted by Crippen LogP contribution is -2.34. The van der Waals surface area contributed by atoms with E-state index in [9.17, 15) is 0 Å². The van der Waals surface area contributed by atoms with Crippen molar-refractivity contribution in [2.45, 2.75) is 252 Å². The summed E-state index contributed by atoms with van der Waals surface area (Å²) in [4.78, 5) is 0. The van der Waals surface area contributed by atoms with Crippen LogP contribution in [0.3, 0.4) is 0 Å². The molecule has 45 heavy (non-hydrogen) atoms. The Balaban J connectivity index is 2.33. The van der Waals surface area contributed by atoms with Crippen LogP contribution < -0.4 is 4.57 Å². The summed E-state index contributed by atoms with van der Waals surface area (Å²) in [6, 6.07) is 2.50. The van der Waals surface area contributed by atoms with Gasteiger partial charge in [-0.05, 0) is 37.7 Å². The van der Waals surface area contributed by atoms with Gasteiger partial charge in [0.2, 0.25) is 0 Å². The fourth-order valence-electron chi connectivity index (χ4n) is 7.14. The van der Waals surface area contributed by atoms with E-state index in [1.807, 2.05) is 0 Å². The molecule has 0 unspecified atom stereocenters. The van der Waals surface area contributed by atoms with E-state index in [-0.39, 0.29) is 0 Å². The van der Waals surface area contributed by atoms with Gasteiger partial charge in [-0.2, -0.15) is 0 Å². The van der Waals surface area contributed by atoms with Crippen molar-refractivity contribution in [1.29, 1.82) is 0 Å². The van der Waals surface area contributed by atoms with Crippen LogP contribution in [0.1, 0.15) is 244 Å². The van der Waals surface area contributed by atoms with Crippen molar-refractivity contribution in [2.24, 2.45) is 0 Å². The van der Waals surface area contributed by atoms with Gasteiger partial charge < -0.3 is 0 Å². The first kappa shape index (κ1) is 42.2. The number of unbranched alkanes of at least 4 members (excludes halogenated alkanes) is 30. The molecule has 0 aromatic carbocycles. The van der Waals surface area contributed by atoms with Crippen LogP contribution in [0.5, 0.6) is 0 Å². The summed E-state index contributed by atoms with van der Waals surface area (Å²) in [7, 11) is 0. The van der Waals surface area contributed by atoms with Crippen molar-refractivity contribution in [3.63, 3.8) is 0 Å². The first-order chi connectivity index (χ1) is 22.3. The van der Waals surface area contributed by atoms with E-state index in [1.165, 1.54) is 231 Å². The Labute approximate surface area is 285 Å². The standard InChI is InChI=1S/C44H84N/c1-4-7-10-13-16-19-21-23-25-28-31-34-37-43-39-41-45(40-36-33-30-27-18-15-12-9-6-3)42-44(43)38-35-32-29-26-24-22-20-17-14-11-8-5-2/h39,41-42H,4-38,40H2,1-3H3/q+1. The molecule has 0 aliphatic rings. The number of rotatable bonds is 36. The van der Waals surface area contributed by atoms with Gasteiger partial charge in [-0.15, -0.1) is 0 Å². The number of hydrogen-bond donors (Lipinski definition) is 0. The highest BCUT2D eigenvalue weighted by atomic mass is 14.9. The number of pyridine rings is 1. The molecule has 264 valence electrons. The highest BCUT2D eigenvalue weighted by Gasteiger charge is 2.10. The Morgan fingerprint density at radius 2 is 0.622 bits per heavy atom. The van der Waals surface area contributed by atoms with Crippen molar-refractivity contribution < 1.29 is 4.57 Å². The van der Waals surface area contributed by atoms with E-state index in [1.54, 1.807) is 11.1 Å². The number of nitrogens with zero attached hydrogens (tertiary/aromatic N) is 1. The summed E-state index contributed by atoms with van der Waals surface area (Å²) >= 11 is 0. The molecule has 0 saturated heterocycles. The van der Waals surface area contributed by atoms with Gasteiger partial charge in [0.1, 0.15) is 6.54 Å². The van der Waals surface area contributed by atoms with Crippen molar-refractivity contribution >= 4 is 0 Å². The second-order valence-electron chi connectivity index (χ2n) is 14.8. The summed E-state index contributed by atoms with van der Waals surface area (Å²) in [5.41, 5.74) is 3.33. The highest BCUT2D eigenvalue weighted by Crippen LogP contribution is 2.18. The van der Waals surface area contributed by atoms with Crippen LogP contribution in [0.2, 0.25) is 0 Å². The average molecular weight is 627 g/mol. The van der Waals surface area contributed by atoms with Crippen LogP contribution in [0.25, 0.3) is 0 Å². The minimum absolute atomic E-state index is 1.21. The van der Waals surface area contributed by atoms with E-state index in [2.05, 4.69) is 43.8 Å². The molecule has 0 N–H and O–H groups in total. The smallest absolute Gasteiger partial charge is 0.172 e. The van der Waals surface area contributed by atoms with Gasteiger partial charge in [-0.25, -0.2) is 4.57 Å². The first-order valence-electron chi connectivity index (χ1n) is 21.3. The predicted molar refractivity (Wildman–Crippen MR) is 203 cm³/mol. The monoisotopic (exact) mass is 627 g/mol. The summed E-state index contributed by atoms with van der Waals surface area (Å²) in [6.45, 7) is 8.15. The second kappa shape index (κ2) is 34.5. The van der Waals surface area contributed by atoms with Crippen LogP contribution in [-0.2, 0) is 19.4 Å². The SMILES string of the molecule is CCCCCCCCCCCCCCc1cc[n+](CCCCCCCCCCC)cc1CCCCCCCCCCCCCC. The molecule has 1 nitrogen and oxygen atoms in total. The lowest BCUT2D eigenvalue weighted by Gasteiger charge is -2.10. The summed E-state index contributed by atoms with van der Waals surface area (Å²) in [6.07, 6.45) is 54.8. The van der Waals surface area contributed by atoms with E-state index in [4.69, 9.17) is 0 Å². The van der Waals surface area contributed by atoms with Crippen molar-refractivity contribution in [2.75, 3.05) is 0 Å². The molecule has 0 spiro atoms. The molecular weight excluding hydrogens is 542 g/mol. The molecule has 0 fully saturated rings. The maximum atomic E-state index is 2.55. The van der Waals surface area contributed by atoms with Crippen LogP contribution in [0, 0.1) is 0 Å². The fraction of sp³-hybridized carbons (Fsp3) is 0.886. The zero-order valence-electron chi connectivity index (χ0n) is 31.6. The van der Waals surface area contributed by atoms with Crippen LogP contribution >= 0.6 is 0 Å². The topological polar surface area (TPSA) is 3.88 Å². The third-order valence-electron chi connectivity index (χ3n) is 10.3. The minimum atomic E-state index is 1.21. The third-order valence-corrected chi connectivity index (χ3v) is 10.3. The molecule has 1 aromatic heterocycles. The Morgan fingerprint density at radius 3 is 0.978 bits per heavy atom. The summed E-state index contributed by atoms with van der Waals surface area (Å²) in [5.74, 6) is 0. The molecular formula is C44H84N+. The first-order valence-corrected chi connectivity index (χ1v) is 21.3. The van der Waals surface area contributed by atoms with Gasteiger partial charge in [0.25, 0.3) is 0 Å². The molecule has 1 rings (SSSR count). The van der Waals surface area contributed by atoms with Crippen LogP contribution in [0.15, 0.2) is 18.5 Å². The van der Waals surface area contributed by atoms with Gasteiger partial charge in [-0.1, -0.05) is 207 Å². The summed E-state index contributed by atoms with van der Waals surface area (Å²) < 4.78 is 2.53. The van der Waals surface area contributed by atoms with Crippen molar-refractivity contribution in [3.05, 3.63) is 29.6 Å². The molecule has 0 radical (unpaired) electrons. The Kier molecular flexibility index (Phi) is 32.3. The molecule has 0 saturated carbocycles. The van der Waals surface area contributed by atoms with Gasteiger partial charge in [-0.3, -0.25) is 0 Å². The lowest BCUT2D eigenvalue weighted by atomic mass is 9.97. The number of aromatic nitrogens is 1.